The standard InChI is InChI=1S/C19H24N2O4/c22-17(13-6-2-1-3-7-13)21-14-8-4-5-12(9-14)11-20-18(23)15-10-16(15)19(24)25/h4-5,8-9,13,15-16H,1-3,6-7,10-11H2,(H,20,23)(H,21,22)(H,24,25)/t15-,16+/m1/s1. The number of amides is 2. The lowest BCUT2D eigenvalue weighted by Gasteiger charge is -2.20. The predicted molar refractivity (Wildman–Crippen MR) is 92.7 cm³/mol. The molecule has 0 radical (unpaired) electrons. The fourth-order valence-corrected chi connectivity index (χ4v) is 3.45. The Bertz CT molecular complexity index is 667. The maximum Gasteiger partial charge on any atom is 0.307 e. The quantitative estimate of drug-likeness (QED) is 0.739. The highest BCUT2D eigenvalue weighted by atomic mass is 16.4. The number of nitrogens with one attached hydrogen (secondary N) is 2. The summed E-state index contributed by atoms with van der Waals surface area (Å²) in [5.74, 6) is -1.91. The molecular weight excluding hydrogens is 320 g/mol. The van der Waals surface area contributed by atoms with Crippen molar-refractivity contribution in [1.29, 1.82) is 0 Å². The molecule has 0 aliphatic heterocycles. The van der Waals surface area contributed by atoms with E-state index in [2.05, 4.69) is 10.6 Å². The molecule has 3 rings (SSSR count). The highest BCUT2D eigenvalue weighted by Gasteiger charge is 2.48. The second-order valence-electron chi connectivity index (χ2n) is 7.03. The van der Waals surface area contributed by atoms with Crippen molar-refractivity contribution in [2.24, 2.45) is 17.8 Å². The van der Waals surface area contributed by atoms with Gasteiger partial charge in [-0.15, -0.1) is 0 Å². The Morgan fingerprint density at radius 3 is 2.48 bits per heavy atom. The number of aliphatic carboxylic acids is 1. The predicted octanol–water partition coefficient (Wildman–Crippen LogP) is 2.54. The van der Waals surface area contributed by atoms with E-state index in [-0.39, 0.29) is 17.7 Å². The molecule has 2 aliphatic rings. The van der Waals surface area contributed by atoms with E-state index >= 15 is 0 Å². The summed E-state index contributed by atoms with van der Waals surface area (Å²) in [6, 6.07) is 7.41. The number of rotatable bonds is 6. The van der Waals surface area contributed by atoms with E-state index in [0.717, 1.165) is 36.9 Å². The minimum Gasteiger partial charge on any atom is -0.481 e. The summed E-state index contributed by atoms with van der Waals surface area (Å²) in [5, 5.41) is 14.6. The summed E-state index contributed by atoms with van der Waals surface area (Å²) in [6.45, 7) is 0.328. The summed E-state index contributed by atoms with van der Waals surface area (Å²) in [7, 11) is 0. The van der Waals surface area contributed by atoms with Crippen molar-refractivity contribution < 1.29 is 19.5 Å². The van der Waals surface area contributed by atoms with Crippen molar-refractivity contribution >= 4 is 23.5 Å². The number of carboxylic acids is 1. The third-order valence-electron chi connectivity index (χ3n) is 5.08. The molecule has 134 valence electrons. The average Bonchev–Trinajstić information content (AvgIpc) is 3.42. The average molecular weight is 344 g/mol. The maximum atomic E-state index is 12.3. The van der Waals surface area contributed by atoms with Crippen LogP contribution in [0.5, 0.6) is 0 Å². The molecule has 0 bridgehead atoms. The van der Waals surface area contributed by atoms with Crippen LogP contribution in [0.4, 0.5) is 5.69 Å². The molecule has 0 saturated heterocycles. The van der Waals surface area contributed by atoms with E-state index in [1.54, 1.807) is 0 Å². The van der Waals surface area contributed by atoms with Crippen LogP contribution >= 0.6 is 0 Å². The summed E-state index contributed by atoms with van der Waals surface area (Å²) in [4.78, 5) is 35.0. The van der Waals surface area contributed by atoms with E-state index in [1.807, 2.05) is 24.3 Å². The molecular formula is C19H24N2O4. The van der Waals surface area contributed by atoms with Crippen LogP contribution in [0.2, 0.25) is 0 Å². The van der Waals surface area contributed by atoms with Crippen LogP contribution in [0.15, 0.2) is 24.3 Å². The minimum absolute atomic E-state index is 0.0724. The van der Waals surface area contributed by atoms with Crippen LogP contribution in [0.25, 0.3) is 0 Å². The SMILES string of the molecule is O=C(Nc1cccc(CNC(=O)[C@@H]2C[C@@H]2C(=O)O)c1)C1CCCCC1. The fraction of sp³-hybridized carbons (Fsp3) is 0.526. The Morgan fingerprint density at radius 1 is 1.04 bits per heavy atom. The Hall–Kier alpha value is -2.37. The van der Waals surface area contributed by atoms with Crippen LogP contribution in [-0.2, 0) is 20.9 Å². The normalized spacial score (nSPS) is 22.9. The van der Waals surface area contributed by atoms with E-state index in [1.165, 1.54) is 6.42 Å². The van der Waals surface area contributed by atoms with Crippen LogP contribution in [0.1, 0.15) is 44.1 Å². The van der Waals surface area contributed by atoms with E-state index < -0.39 is 17.8 Å². The lowest BCUT2D eigenvalue weighted by atomic mass is 9.88. The molecule has 1 aromatic rings. The molecule has 6 heteroatoms. The molecule has 0 aromatic heterocycles. The third kappa shape index (κ3) is 4.59. The van der Waals surface area contributed by atoms with Gasteiger partial charge in [-0.05, 0) is 37.0 Å². The highest BCUT2D eigenvalue weighted by molar-refractivity contribution is 5.92. The first kappa shape index (κ1) is 17.5. The number of hydrogen-bond acceptors (Lipinski definition) is 3. The third-order valence-corrected chi connectivity index (χ3v) is 5.08. The summed E-state index contributed by atoms with van der Waals surface area (Å²) < 4.78 is 0. The van der Waals surface area contributed by atoms with Crippen LogP contribution < -0.4 is 10.6 Å². The maximum absolute atomic E-state index is 12.3. The number of anilines is 1. The summed E-state index contributed by atoms with van der Waals surface area (Å²) >= 11 is 0. The van der Waals surface area contributed by atoms with Crippen molar-refractivity contribution in [2.75, 3.05) is 5.32 Å². The van der Waals surface area contributed by atoms with Gasteiger partial charge in [0.25, 0.3) is 0 Å². The van der Waals surface area contributed by atoms with Gasteiger partial charge in [0.15, 0.2) is 0 Å². The second-order valence-corrected chi connectivity index (χ2v) is 7.03. The fourth-order valence-electron chi connectivity index (χ4n) is 3.45. The first-order valence-corrected chi connectivity index (χ1v) is 8.95. The topological polar surface area (TPSA) is 95.5 Å². The summed E-state index contributed by atoms with van der Waals surface area (Å²) in [5.41, 5.74) is 1.61. The summed E-state index contributed by atoms with van der Waals surface area (Å²) in [6.07, 6.45) is 5.76. The molecule has 2 saturated carbocycles. The van der Waals surface area contributed by atoms with Crippen LogP contribution in [-0.4, -0.2) is 22.9 Å². The Labute approximate surface area is 147 Å². The van der Waals surface area contributed by atoms with Crippen LogP contribution in [0.3, 0.4) is 0 Å². The van der Waals surface area contributed by atoms with Gasteiger partial charge in [0, 0.05) is 18.2 Å². The van der Waals surface area contributed by atoms with Gasteiger partial charge in [0.1, 0.15) is 0 Å². The second kappa shape index (κ2) is 7.68. The smallest absolute Gasteiger partial charge is 0.307 e. The number of carbonyl (C=O) groups is 3. The van der Waals surface area contributed by atoms with Crippen molar-refractivity contribution in [3.8, 4) is 0 Å². The van der Waals surface area contributed by atoms with Crippen molar-refractivity contribution in [3.63, 3.8) is 0 Å². The molecule has 2 fully saturated rings. The zero-order valence-electron chi connectivity index (χ0n) is 14.2. The Kier molecular flexibility index (Phi) is 5.36. The van der Waals surface area contributed by atoms with Crippen molar-refractivity contribution in [2.45, 2.75) is 45.1 Å². The van der Waals surface area contributed by atoms with Gasteiger partial charge in [-0.3, -0.25) is 14.4 Å². The van der Waals surface area contributed by atoms with Gasteiger partial charge in [-0.1, -0.05) is 31.4 Å². The molecule has 2 atom stereocenters. The number of carboxylic acid groups (broad SMARTS) is 1. The molecule has 25 heavy (non-hydrogen) atoms. The van der Waals surface area contributed by atoms with E-state index in [4.69, 9.17) is 5.11 Å². The molecule has 0 unspecified atom stereocenters. The van der Waals surface area contributed by atoms with Crippen molar-refractivity contribution in [1.82, 2.24) is 5.32 Å². The van der Waals surface area contributed by atoms with Gasteiger partial charge < -0.3 is 15.7 Å². The number of hydrogen-bond donors (Lipinski definition) is 3. The van der Waals surface area contributed by atoms with Gasteiger partial charge in [-0.25, -0.2) is 0 Å². The van der Waals surface area contributed by atoms with Gasteiger partial charge >= 0.3 is 5.97 Å². The monoisotopic (exact) mass is 344 g/mol. The largest absolute Gasteiger partial charge is 0.481 e. The molecule has 0 spiro atoms. The molecule has 3 N–H and O–H groups in total. The lowest BCUT2D eigenvalue weighted by Crippen LogP contribution is -2.26. The number of benzene rings is 1. The first-order valence-electron chi connectivity index (χ1n) is 8.95. The Balaban J connectivity index is 1.50. The minimum atomic E-state index is -0.910. The van der Waals surface area contributed by atoms with E-state index in [0.29, 0.717) is 13.0 Å². The van der Waals surface area contributed by atoms with Gasteiger partial charge in [-0.2, -0.15) is 0 Å². The van der Waals surface area contributed by atoms with E-state index in [9.17, 15) is 14.4 Å². The zero-order valence-corrected chi connectivity index (χ0v) is 14.2. The molecule has 1 aromatic carbocycles. The van der Waals surface area contributed by atoms with Crippen LogP contribution in [0, 0.1) is 17.8 Å². The Morgan fingerprint density at radius 2 is 1.80 bits per heavy atom. The zero-order chi connectivity index (χ0) is 17.8. The molecule has 0 heterocycles. The van der Waals surface area contributed by atoms with Gasteiger partial charge in [0.2, 0.25) is 11.8 Å². The lowest BCUT2D eigenvalue weighted by molar-refractivity contribution is -0.140. The van der Waals surface area contributed by atoms with Crippen molar-refractivity contribution in [3.05, 3.63) is 29.8 Å². The first-order chi connectivity index (χ1) is 12.0. The number of carbonyl (C=O) groups excluding carboxylic acids is 2. The molecule has 2 aliphatic carbocycles. The van der Waals surface area contributed by atoms with Gasteiger partial charge in [0.05, 0.1) is 11.8 Å². The molecule has 2 amide bonds. The highest BCUT2D eigenvalue weighted by Crippen LogP contribution is 2.38. The molecule has 6 nitrogen and oxygen atoms in total.